The molecule has 0 spiro atoms. The zero-order valence-electron chi connectivity index (χ0n) is 15.1. The highest BCUT2D eigenvalue weighted by molar-refractivity contribution is 5.98. The lowest BCUT2D eigenvalue weighted by molar-refractivity contribution is 0.0476. The molecule has 0 unspecified atom stereocenters. The number of benzene rings is 2. The molecule has 5 nitrogen and oxygen atoms in total. The van der Waals surface area contributed by atoms with E-state index >= 15 is 0 Å². The second-order valence-electron chi connectivity index (χ2n) is 6.82. The van der Waals surface area contributed by atoms with Crippen LogP contribution >= 0.6 is 0 Å². The van der Waals surface area contributed by atoms with E-state index < -0.39 is 0 Å². The van der Waals surface area contributed by atoms with Gasteiger partial charge in [0.05, 0.1) is 12.1 Å². The Hall–Kier alpha value is -2.70. The van der Waals surface area contributed by atoms with E-state index in [1.165, 1.54) is 12.1 Å². The molecule has 2 aromatic carbocycles. The molecule has 0 saturated carbocycles. The quantitative estimate of drug-likeness (QED) is 0.664. The van der Waals surface area contributed by atoms with Crippen molar-refractivity contribution in [2.75, 3.05) is 20.2 Å². The molecule has 1 amide bonds. The zero-order chi connectivity index (χ0) is 18.8. The van der Waals surface area contributed by atoms with Gasteiger partial charge < -0.3 is 20.4 Å². The normalized spacial score (nSPS) is 19.9. The van der Waals surface area contributed by atoms with Gasteiger partial charge in [0.15, 0.2) is 0 Å². The van der Waals surface area contributed by atoms with Crippen molar-refractivity contribution < 1.29 is 13.9 Å². The lowest BCUT2D eigenvalue weighted by Crippen LogP contribution is -2.53. The SMILES string of the molecule is CO[C@H]1CNCC[C@H]1NC(=O)c1ccc(-c2c[nH]c3cc(F)ccc23)cc1. The summed E-state index contributed by atoms with van der Waals surface area (Å²) in [5.74, 6) is -0.369. The van der Waals surface area contributed by atoms with Crippen LogP contribution in [0.5, 0.6) is 0 Å². The van der Waals surface area contributed by atoms with E-state index in [1.807, 2.05) is 30.5 Å². The van der Waals surface area contributed by atoms with Crippen LogP contribution in [0.1, 0.15) is 16.8 Å². The minimum atomic E-state index is -0.268. The number of carbonyl (C=O) groups is 1. The van der Waals surface area contributed by atoms with E-state index in [9.17, 15) is 9.18 Å². The van der Waals surface area contributed by atoms with Crippen LogP contribution in [0.15, 0.2) is 48.7 Å². The molecule has 0 aliphatic carbocycles. The summed E-state index contributed by atoms with van der Waals surface area (Å²) in [6.07, 6.45) is 2.68. The maximum atomic E-state index is 13.4. The van der Waals surface area contributed by atoms with Crippen molar-refractivity contribution in [2.45, 2.75) is 18.6 Å². The molecule has 1 saturated heterocycles. The smallest absolute Gasteiger partial charge is 0.251 e. The Balaban J connectivity index is 1.52. The first kappa shape index (κ1) is 17.7. The van der Waals surface area contributed by atoms with Gasteiger partial charge in [0.25, 0.3) is 5.91 Å². The number of ether oxygens (including phenoxy) is 1. The molecule has 3 aromatic rings. The fraction of sp³-hybridized carbons (Fsp3) is 0.286. The standard InChI is InChI=1S/C21H22FN3O2/c1-27-20-12-23-9-8-18(20)25-21(26)14-4-2-13(3-5-14)17-11-24-19-10-15(22)6-7-16(17)19/h2-7,10-11,18,20,23-24H,8-9,12H2,1H3,(H,25,26)/t18-,20+/m1/s1. The first-order chi connectivity index (χ1) is 13.2. The number of aromatic amines is 1. The third-order valence-electron chi connectivity index (χ3n) is 5.15. The van der Waals surface area contributed by atoms with Crippen molar-refractivity contribution in [3.8, 4) is 11.1 Å². The van der Waals surface area contributed by atoms with Gasteiger partial charge in [-0.1, -0.05) is 12.1 Å². The van der Waals surface area contributed by atoms with Crippen LogP contribution in [0, 0.1) is 5.82 Å². The van der Waals surface area contributed by atoms with Gasteiger partial charge in [-0.15, -0.1) is 0 Å². The van der Waals surface area contributed by atoms with Crippen LogP contribution < -0.4 is 10.6 Å². The molecule has 140 valence electrons. The summed E-state index contributed by atoms with van der Waals surface area (Å²) < 4.78 is 18.8. The lowest BCUT2D eigenvalue weighted by Gasteiger charge is -2.31. The van der Waals surface area contributed by atoms with Crippen molar-refractivity contribution in [3.05, 3.63) is 60.0 Å². The molecule has 3 N–H and O–H groups in total. The predicted octanol–water partition coefficient (Wildman–Crippen LogP) is 3.08. The predicted molar refractivity (Wildman–Crippen MR) is 103 cm³/mol. The number of H-pyrrole nitrogens is 1. The minimum absolute atomic E-state index is 0.00643. The monoisotopic (exact) mass is 367 g/mol. The Kier molecular flexibility index (Phi) is 4.92. The Morgan fingerprint density at radius 1 is 1.22 bits per heavy atom. The van der Waals surface area contributed by atoms with Crippen LogP contribution in [-0.2, 0) is 4.74 Å². The van der Waals surface area contributed by atoms with Gasteiger partial charge in [0, 0.05) is 41.9 Å². The number of amides is 1. The molecule has 2 heterocycles. The summed E-state index contributed by atoms with van der Waals surface area (Å²) in [5, 5.41) is 7.29. The summed E-state index contributed by atoms with van der Waals surface area (Å²) >= 11 is 0. The van der Waals surface area contributed by atoms with Gasteiger partial charge in [0.1, 0.15) is 5.82 Å². The highest BCUT2D eigenvalue weighted by atomic mass is 19.1. The number of hydrogen-bond donors (Lipinski definition) is 3. The average Bonchev–Trinajstić information content (AvgIpc) is 3.11. The van der Waals surface area contributed by atoms with E-state index in [0.717, 1.165) is 41.5 Å². The lowest BCUT2D eigenvalue weighted by atomic mass is 10.0. The van der Waals surface area contributed by atoms with Crippen LogP contribution in [0.3, 0.4) is 0 Å². The van der Waals surface area contributed by atoms with E-state index in [0.29, 0.717) is 5.56 Å². The van der Waals surface area contributed by atoms with Crippen LogP contribution in [0.2, 0.25) is 0 Å². The Morgan fingerprint density at radius 3 is 2.81 bits per heavy atom. The molecule has 1 aliphatic rings. The van der Waals surface area contributed by atoms with E-state index in [2.05, 4.69) is 15.6 Å². The molecular formula is C21H22FN3O2. The number of halogens is 1. The van der Waals surface area contributed by atoms with Gasteiger partial charge in [-0.3, -0.25) is 4.79 Å². The number of hydrogen-bond acceptors (Lipinski definition) is 3. The minimum Gasteiger partial charge on any atom is -0.378 e. The van der Waals surface area contributed by atoms with Crippen molar-refractivity contribution in [1.82, 2.24) is 15.6 Å². The number of rotatable bonds is 4. The fourth-order valence-corrected chi connectivity index (χ4v) is 3.63. The van der Waals surface area contributed by atoms with Crippen molar-refractivity contribution in [3.63, 3.8) is 0 Å². The van der Waals surface area contributed by atoms with Crippen molar-refractivity contribution in [1.29, 1.82) is 0 Å². The summed E-state index contributed by atoms with van der Waals surface area (Å²) in [6, 6.07) is 12.2. The third kappa shape index (κ3) is 3.59. The maximum Gasteiger partial charge on any atom is 0.251 e. The first-order valence-corrected chi connectivity index (χ1v) is 9.07. The molecule has 27 heavy (non-hydrogen) atoms. The Bertz CT molecular complexity index is 952. The van der Waals surface area contributed by atoms with Gasteiger partial charge in [-0.25, -0.2) is 4.39 Å². The summed E-state index contributed by atoms with van der Waals surface area (Å²) in [7, 11) is 1.67. The van der Waals surface area contributed by atoms with E-state index in [1.54, 1.807) is 13.2 Å². The highest BCUT2D eigenvalue weighted by Crippen LogP contribution is 2.29. The van der Waals surface area contributed by atoms with E-state index in [-0.39, 0.29) is 23.9 Å². The molecule has 1 aromatic heterocycles. The number of carbonyl (C=O) groups excluding carboxylic acids is 1. The zero-order valence-corrected chi connectivity index (χ0v) is 15.1. The van der Waals surface area contributed by atoms with Gasteiger partial charge in [-0.2, -0.15) is 0 Å². The van der Waals surface area contributed by atoms with Crippen LogP contribution in [0.25, 0.3) is 22.0 Å². The van der Waals surface area contributed by atoms with Crippen molar-refractivity contribution in [2.24, 2.45) is 0 Å². The molecule has 0 radical (unpaired) electrons. The number of aromatic nitrogens is 1. The molecule has 1 fully saturated rings. The third-order valence-corrected chi connectivity index (χ3v) is 5.15. The molecule has 1 aliphatic heterocycles. The Labute approximate surface area is 156 Å². The first-order valence-electron chi connectivity index (χ1n) is 9.07. The Morgan fingerprint density at radius 2 is 2.04 bits per heavy atom. The number of methoxy groups -OCH3 is 1. The second kappa shape index (κ2) is 7.50. The number of nitrogens with one attached hydrogen (secondary N) is 3. The largest absolute Gasteiger partial charge is 0.378 e. The maximum absolute atomic E-state index is 13.4. The van der Waals surface area contributed by atoms with Crippen molar-refractivity contribution >= 4 is 16.8 Å². The molecular weight excluding hydrogens is 345 g/mol. The molecule has 2 atom stereocenters. The van der Waals surface area contributed by atoms with Gasteiger partial charge in [-0.05, 0) is 48.9 Å². The molecule has 6 heteroatoms. The van der Waals surface area contributed by atoms with E-state index in [4.69, 9.17) is 4.74 Å². The van der Waals surface area contributed by atoms with Crippen LogP contribution in [0.4, 0.5) is 4.39 Å². The topological polar surface area (TPSA) is 66.2 Å². The number of fused-ring (bicyclic) bond motifs is 1. The highest BCUT2D eigenvalue weighted by Gasteiger charge is 2.26. The fourth-order valence-electron chi connectivity index (χ4n) is 3.63. The molecule has 4 rings (SSSR count). The summed E-state index contributed by atoms with van der Waals surface area (Å²) in [4.78, 5) is 15.7. The second-order valence-corrected chi connectivity index (χ2v) is 6.82. The average molecular weight is 367 g/mol. The van der Waals surface area contributed by atoms with Gasteiger partial charge in [0.2, 0.25) is 0 Å². The summed E-state index contributed by atoms with van der Waals surface area (Å²) in [5.41, 5.74) is 3.32. The summed E-state index contributed by atoms with van der Waals surface area (Å²) in [6.45, 7) is 1.60. The molecule has 0 bridgehead atoms. The number of piperidine rings is 1. The van der Waals surface area contributed by atoms with Gasteiger partial charge >= 0.3 is 0 Å². The van der Waals surface area contributed by atoms with Crippen LogP contribution in [-0.4, -0.2) is 43.2 Å².